The van der Waals surface area contributed by atoms with Crippen LogP contribution in [0.25, 0.3) is 5.65 Å². The highest BCUT2D eigenvalue weighted by atomic mass is 35.5. The molecule has 124 valence electrons. The predicted octanol–water partition coefficient (Wildman–Crippen LogP) is 5.47. The van der Waals surface area contributed by atoms with Crippen LogP contribution in [0.2, 0.25) is 15.1 Å². The Hall–Kier alpha value is -1.75. The fourth-order valence-corrected chi connectivity index (χ4v) is 3.59. The Labute approximate surface area is 154 Å². The quantitative estimate of drug-likeness (QED) is 0.638. The van der Waals surface area contributed by atoms with Crippen molar-refractivity contribution >= 4 is 52.0 Å². The molecule has 1 N–H and O–H groups in total. The van der Waals surface area contributed by atoms with E-state index in [0.717, 1.165) is 11.1 Å². The van der Waals surface area contributed by atoms with Crippen LogP contribution in [-0.2, 0) is 0 Å². The number of carbonyl (C=O) groups is 1. The highest BCUT2D eigenvalue weighted by molar-refractivity contribution is 6.36. The molecule has 2 aromatic heterocycles. The third-order valence-corrected chi connectivity index (χ3v) is 4.48. The van der Waals surface area contributed by atoms with Crippen LogP contribution in [0.5, 0.6) is 0 Å². The van der Waals surface area contributed by atoms with Gasteiger partial charge < -0.3 is 5.32 Å². The number of fused-ring (bicyclic) bond motifs is 1. The molecule has 0 aliphatic heterocycles. The normalized spacial score (nSPS) is 11.1. The van der Waals surface area contributed by atoms with Crippen molar-refractivity contribution < 1.29 is 4.79 Å². The lowest BCUT2D eigenvalue weighted by atomic mass is 10.1. The molecule has 0 aliphatic rings. The second-order valence-corrected chi connectivity index (χ2v) is 6.89. The van der Waals surface area contributed by atoms with Gasteiger partial charge in [-0.15, -0.1) is 0 Å². The molecule has 0 spiro atoms. The van der Waals surface area contributed by atoms with E-state index < -0.39 is 0 Å². The van der Waals surface area contributed by atoms with Crippen LogP contribution in [-0.4, -0.2) is 15.3 Å². The van der Waals surface area contributed by atoms with Crippen LogP contribution < -0.4 is 5.32 Å². The van der Waals surface area contributed by atoms with Crippen LogP contribution in [0, 0.1) is 20.8 Å². The molecule has 4 nitrogen and oxygen atoms in total. The second-order valence-electron chi connectivity index (χ2n) is 5.64. The summed E-state index contributed by atoms with van der Waals surface area (Å²) in [7, 11) is 0. The molecule has 0 bridgehead atoms. The lowest BCUT2D eigenvalue weighted by molar-refractivity contribution is 0.102. The van der Waals surface area contributed by atoms with Gasteiger partial charge in [-0.2, -0.15) is 0 Å². The molecule has 1 aromatic carbocycles. The number of aryl methyl sites for hydroxylation is 3. The number of nitrogens with one attached hydrogen (secondary N) is 1. The smallest absolute Gasteiger partial charge is 0.274 e. The molecule has 0 fully saturated rings. The summed E-state index contributed by atoms with van der Waals surface area (Å²) in [5.41, 5.74) is 3.89. The van der Waals surface area contributed by atoms with Gasteiger partial charge in [0.25, 0.3) is 5.91 Å². The maximum Gasteiger partial charge on any atom is 0.274 e. The summed E-state index contributed by atoms with van der Waals surface area (Å²) in [6, 6.07) is 5.35. The second kappa shape index (κ2) is 6.28. The molecule has 7 heteroatoms. The molecule has 0 unspecified atom stereocenters. The number of aromatic nitrogens is 2. The third kappa shape index (κ3) is 2.97. The summed E-state index contributed by atoms with van der Waals surface area (Å²) < 4.78 is 1.59. The number of imidazole rings is 1. The molecular formula is C17H14Cl3N3O. The van der Waals surface area contributed by atoms with Gasteiger partial charge in [0.1, 0.15) is 5.69 Å². The first-order chi connectivity index (χ1) is 11.3. The zero-order chi connectivity index (χ0) is 17.6. The summed E-state index contributed by atoms with van der Waals surface area (Å²) in [6.07, 6.45) is 1.61. The highest BCUT2D eigenvalue weighted by Crippen LogP contribution is 2.29. The number of anilines is 1. The first-order valence-electron chi connectivity index (χ1n) is 7.19. The van der Waals surface area contributed by atoms with Gasteiger partial charge in [-0.25, -0.2) is 4.98 Å². The number of rotatable bonds is 2. The Bertz CT molecular complexity index is 956. The van der Waals surface area contributed by atoms with Crippen LogP contribution in [0.1, 0.15) is 27.3 Å². The number of pyridine rings is 1. The number of hydrogen-bond donors (Lipinski definition) is 1. The van der Waals surface area contributed by atoms with Gasteiger partial charge in [0.05, 0.1) is 26.4 Å². The summed E-state index contributed by atoms with van der Waals surface area (Å²) >= 11 is 18.5. The minimum Gasteiger partial charge on any atom is -0.319 e. The summed E-state index contributed by atoms with van der Waals surface area (Å²) in [4.78, 5) is 17.2. The van der Waals surface area contributed by atoms with Crippen molar-refractivity contribution in [3.8, 4) is 0 Å². The van der Waals surface area contributed by atoms with Gasteiger partial charge in [-0.3, -0.25) is 9.20 Å². The highest BCUT2D eigenvalue weighted by Gasteiger charge is 2.20. The molecule has 2 heterocycles. The van der Waals surface area contributed by atoms with E-state index in [4.69, 9.17) is 34.8 Å². The van der Waals surface area contributed by atoms with Crippen molar-refractivity contribution in [2.24, 2.45) is 0 Å². The number of halogens is 3. The summed E-state index contributed by atoms with van der Waals surface area (Å²) in [5, 5.41) is 4.15. The lowest BCUT2D eigenvalue weighted by Crippen LogP contribution is -2.16. The third-order valence-electron chi connectivity index (χ3n) is 3.70. The Kier molecular flexibility index (Phi) is 4.47. The number of benzene rings is 1. The van der Waals surface area contributed by atoms with Crippen molar-refractivity contribution in [2.75, 3.05) is 5.32 Å². The maximum atomic E-state index is 12.8. The van der Waals surface area contributed by atoms with Crippen molar-refractivity contribution in [3.63, 3.8) is 0 Å². The minimum atomic E-state index is -0.327. The topological polar surface area (TPSA) is 46.4 Å². The molecule has 0 radical (unpaired) electrons. The molecule has 0 saturated heterocycles. The van der Waals surface area contributed by atoms with E-state index in [1.54, 1.807) is 29.7 Å². The van der Waals surface area contributed by atoms with Crippen LogP contribution in [0.3, 0.4) is 0 Å². The maximum absolute atomic E-state index is 12.8. The minimum absolute atomic E-state index is 0.327. The predicted molar refractivity (Wildman–Crippen MR) is 98.8 cm³/mol. The van der Waals surface area contributed by atoms with Gasteiger partial charge in [-0.1, -0.05) is 40.9 Å². The zero-order valence-electron chi connectivity index (χ0n) is 13.2. The molecule has 0 atom stereocenters. The SMILES string of the molecule is Cc1cc(C)c(NC(=O)c2c(C)nc3c(Cl)cc(Cl)cn23)c(Cl)c1. The average molecular weight is 383 g/mol. The number of amides is 1. The van der Waals surface area contributed by atoms with E-state index in [2.05, 4.69) is 10.3 Å². The van der Waals surface area contributed by atoms with Gasteiger partial charge >= 0.3 is 0 Å². The van der Waals surface area contributed by atoms with Crippen LogP contribution in [0.15, 0.2) is 24.4 Å². The first-order valence-corrected chi connectivity index (χ1v) is 8.33. The van der Waals surface area contributed by atoms with Crippen molar-refractivity contribution in [2.45, 2.75) is 20.8 Å². The van der Waals surface area contributed by atoms with Crippen molar-refractivity contribution in [1.82, 2.24) is 9.38 Å². The molecule has 0 saturated carbocycles. The van der Waals surface area contributed by atoms with Crippen LogP contribution >= 0.6 is 34.8 Å². The number of hydrogen-bond acceptors (Lipinski definition) is 2. The van der Waals surface area contributed by atoms with Crippen molar-refractivity contribution in [3.05, 3.63) is 62.0 Å². The molecule has 3 rings (SSSR count). The number of carbonyl (C=O) groups excluding carboxylic acids is 1. The first kappa shape index (κ1) is 17.1. The van der Waals surface area contributed by atoms with E-state index in [9.17, 15) is 4.79 Å². The van der Waals surface area contributed by atoms with E-state index in [1.165, 1.54) is 0 Å². The fourth-order valence-electron chi connectivity index (χ4n) is 2.71. The Morgan fingerprint density at radius 2 is 1.79 bits per heavy atom. The monoisotopic (exact) mass is 381 g/mol. The van der Waals surface area contributed by atoms with E-state index >= 15 is 0 Å². The molecule has 0 aliphatic carbocycles. The molecule has 24 heavy (non-hydrogen) atoms. The Morgan fingerprint density at radius 1 is 1.08 bits per heavy atom. The van der Waals surface area contributed by atoms with Crippen molar-refractivity contribution in [1.29, 1.82) is 0 Å². The van der Waals surface area contributed by atoms with E-state index in [1.807, 2.05) is 19.9 Å². The number of nitrogens with zero attached hydrogens (tertiary/aromatic N) is 2. The van der Waals surface area contributed by atoms with E-state index in [0.29, 0.717) is 37.8 Å². The Morgan fingerprint density at radius 3 is 2.46 bits per heavy atom. The standard InChI is InChI=1S/C17H14Cl3N3O/c1-8-4-9(2)14(12(19)5-8)22-17(24)15-10(3)21-16-13(20)6-11(18)7-23(15)16/h4-7H,1-3H3,(H,22,24). The fraction of sp³-hybridized carbons (Fsp3) is 0.176. The summed E-state index contributed by atoms with van der Waals surface area (Å²) in [5.74, 6) is -0.327. The molecular weight excluding hydrogens is 369 g/mol. The van der Waals surface area contributed by atoms with Crippen LogP contribution in [0.4, 0.5) is 5.69 Å². The van der Waals surface area contributed by atoms with Gasteiger partial charge in [0, 0.05) is 6.20 Å². The zero-order valence-corrected chi connectivity index (χ0v) is 15.5. The average Bonchev–Trinajstić information content (AvgIpc) is 2.79. The van der Waals surface area contributed by atoms with Gasteiger partial charge in [0.2, 0.25) is 0 Å². The van der Waals surface area contributed by atoms with Gasteiger partial charge in [-0.05, 0) is 44.0 Å². The Balaban J connectivity index is 2.09. The van der Waals surface area contributed by atoms with E-state index in [-0.39, 0.29) is 5.91 Å². The largest absolute Gasteiger partial charge is 0.319 e. The summed E-state index contributed by atoms with van der Waals surface area (Å²) in [6.45, 7) is 5.59. The molecule has 1 amide bonds. The lowest BCUT2D eigenvalue weighted by Gasteiger charge is -2.12. The van der Waals surface area contributed by atoms with Gasteiger partial charge in [0.15, 0.2) is 5.65 Å². The molecule has 3 aromatic rings.